The van der Waals surface area contributed by atoms with Crippen LogP contribution in [0.1, 0.15) is 12.8 Å². The van der Waals surface area contributed by atoms with Crippen LogP contribution in [0.5, 0.6) is 6.01 Å². The van der Waals surface area contributed by atoms with Gasteiger partial charge in [-0.3, -0.25) is 0 Å². The minimum Gasteiger partial charge on any atom is -0.460 e. The Bertz CT molecular complexity index is 834. The Kier molecular flexibility index (Phi) is 4.91. The molecule has 10 heteroatoms. The molecule has 6 nitrogen and oxygen atoms in total. The predicted molar refractivity (Wildman–Crippen MR) is 80.8 cm³/mol. The van der Waals surface area contributed by atoms with E-state index in [1.807, 2.05) is 0 Å². The fourth-order valence-corrected chi connectivity index (χ4v) is 4.04. The lowest BCUT2D eigenvalue weighted by atomic mass is 10.1. The number of piperidine rings is 1. The maximum Gasteiger partial charge on any atom is 0.316 e. The summed E-state index contributed by atoms with van der Waals surface area (Å²) in [5.41, 5.74) is 0. The summed E-state index contributed by atoms with van der Waals surface area (Å²) >= 11 is 0. The van der Waals surface area contributed by atoms with E-state index < -0.39 is 32.4 Å². The lowest BCUT2D eigenvalue weighted by Gasteiger charge is -2.30. The van der Waals surface area contributed by atoms with Crippen molar-refractivity contribution in [3.05, 3.63) is 48.0 Å². The van der Waals surface area contributed by atoms with Gasteiger partial charge in [0.15, 0.2) is 5.82 Å². The predicted octanol–water partition coefficient (Wildman–Crippen LogP) is 2.13. The molecule has 3 rings (SSSR count). The van der Waals surface area contributed by atoms with Gasteiger partial charge in [-0.25, -0.2) is 31.6 Å². The van der Waals surface area contributed by atoms with Crippen molar-refractivity contribution in [3.63, 3.8) is 0 Å². The molecule has 0 aliphatic carbocycles. The molecule has 0 saturated carbocycles. The van der Waals surface area contributed by atoms with Crippen molar-refractivity contribution in [1.29, 1.82) is 0 Å². The van der Waals surface area contributed by atoms with Crippen LogP contribution < -0.4 is 4.74 Å². The Balaban J connectivity index is 1.65. The van der Waals surface area contributed by atoms with Gasteiger partial charge in [-0.1, -0.05) is 0 Å². The molecule has 1 aliphatic rings. The molecule has 0 spiro atoms. The quantitative estimate of drug-likeness (QED) is 0.821. The largest absolute Gasteiger partial charge is 0.460 e. The van der Waals surface area contributed by atoms with E-state index in [9.17, 15) is 21.6 Å². The molecule has 0 N–H and O–H groups in total. The van der Waals surface area contributed by atoms with Crippen molar-refractivity contribution in [2.24, 2.45) is 0 Å². The van der Waals surface area contributed by atoms with Gasteiger partial charge in [0.2, 0.25) is 10.0 Å². The number of nitrogens with zero attached hydrogens (tertiary/aromatic N) is 3. The number of hydrogen-bond acceptors (Lipinski definition) is 5. The second-order valence-corrected chi connectivity index (χ2v) is 7.45. The van der Waals surface area contributed by atoms with Crippen LogP contribution in [0, 0.1) is 17.5 Å². The second-order valence-electron chi connectivity index (χ2n) is 5.51. The molecular formula is C15H14F3N3O3S. The summed E-state index contributed by atoms with van der Waals surface area (Å²) < 4.78 is 70.9. The summed E-state index contributed by atoms with van der Waals surface area (Å²) in [7, 11) is -3.99. The summed E-state index contributed by atoms with van der Waals surface area (Å²) in [6, 6.07) is 2.19. The third-order valence-electron chi connectivity index (χ3n) is 3.74. The molecule has 25 heavy (non-hydrogen) atoms. The zero-order chi connectivity index (χ0) is 18.0. The number of hydrogen-bond donors (Lipinski definition) is 0. The molecular weight excluding hydrogens is 359 g/mol. The zero-order valence-electron chi connectivity index (χ0n) is 12.9. The molecule has 134 valence electrons. The van der Waals surface area contributed by atoms with E-state index in [4.69, 9.17) is 4.74 Å². The van der Waals surface area contributed by atoms with Gasteiger partial charge < -0.3 is 4.74 Å². The van der Waals surface area contributed by atoms with Gasteiger partial charge in [-0.05, 0) is 25.0 Å². The van der Waals surface area contributed by atoms with Crippen LogP contribution >= 0.6 is 0 Å². The van der Waals surface area contributed by atoms with Crippen molar-refractivity contribution < 1.29 is 26.3 Å². The van der Waals surface area contributed by atoms with E-state index in [1.54, 1.807) is 0 Å². The number of rotatable bonds is 4. The third kappa shape index (κ3) is 4.07. The first-order chi connectivity index (χ1) is 11.8. The van der Waals surface area contributed by atoms with Crippen molar-refractivity contribution >= 4 is 10.0 Å². The molecule has 0 atom stereocenters. The highest BCUT2D eigenvalue weighted by Crippen LogP contribution is 2.23. The smallest absolute Gasteiger partial charge is 0.316 e. The van der Waals surface area contributed by atoms with Crippen LogP contribution in [-0.2, 0) is 10.0 Å². The number of halogens is 3. The lowest BCUT2D eigenvalue weighted by molar-refractivity contribution is 0.124. The van der Waals surface area contributed by atoms with Crippen LogP contribution in [0.3, 0.4) is 0 Å². The second kappa shape index (κ2) is 6.96. The molecule has 1 aromatic carbocycles. The molecule has 2 aromatic rings. The van der Waals surface area contributed by atoms with Gasteiger partial charge in [-0.2, -0.15) is 4.31 Å². The summed E-state index contributed by atoms with van der Waals surface area (Å²) in [5, 5.41) is 0. The first-order valence-electron chi connectivity index (χ1n) is 7.45. The van der Waals surface area contributed by atoms with Crippen molar-refractivity contribution in [1.82, 2.24) is 14.3 Å². The number of aromatic nitrogens is 2. The van der Waals surface area contributed by atoms with Gasteiger partial charge in [0.25, 0.3) is 0 Å². The van der Waals surface area contributed by atoms with Crippen LogP contribution in [0.15, 0.2) is 35.5 Å². The first kappa shape index (κ1) is 17.6. The molecule has 1 aromatic heterocycles. The standard InChI is InChI=1S/C15H14F3N3O3S/c16-10-5-11(17)7-14(6-10)25(22,23)21-3-1-13(2-4-21)24-15-19-8-12(18)9-20-15/h5-9,13H,1-4H2. The topological polar surface area (TPSA) is 72.4 Å². The maximum atomic E-state index is 13.3. The molecule has 2 heterocycles. The molecule has 1 saturated heterocycles. The first-order valence-corrected chi connectivity index (χ1v) is 8.89. The van der Waals surface area contributed by atoms with Crippen LogP contribution in [0.2, 0.25) is 0 Å². The van der Waals surface area contributed by atoms with Gasteiger partial charge >= 0.3 is 6.01 Å². The third-order valence-corrected chi connectivity index (χ3v) is 5.62. The summed E-state index contributed by atoms with van der Waals surface area (Å²) in [5.74, 6) is -2.49. The average Bonchev–Trinajstić information content (AvgIpc) is 2.57. The Morgan fingerprint density at radius 3 is 2.08 bits per heavy atom. The van der Waals surface area contributed by atoms with Crippen molar-refractivity contribution in [2.45, 2.75) is 23.8 Å². The van der Waals surface area contributed by atoms with Gasteiger partial charge in [-0.15, -0.1) is 0 Å². The summed E-state index contributed by atoms with van der Waals surface area (Å²) in [6.45, 7) is 0.235. The highest BCUT2D eigenvalue weighted by atomic mass is 32.2. The Morgan fingerprint density at radius 2 is 1.52 bits per heavy atom. The van der Waals surface area contributed by atoms with E-state index in [0.717, 1.165) is 28.8 Å². The SMILES string of the molecule is O=S(=O)(c1cc(F)cc(F)c1)N1CCC(Oc2ncc(F)cn2)CC1. The molecule has 0 radical (unpaired) electrons. The average molecular weight is 373 g/mol. The zero-order valence-corrected chi connectivity index (χ0v) is 13.7. The van der Waals surface area contributed by atoms with Crippen LogP contribution in [0.25, 0.3) is 0 Å². The van der Waals surface area contributed by atoms with Crippen molar-refractivity contribution in [3.8, 4) is 6.01 Å². The Labute approximate surface area is 142 Å². The normalized spacial score (nSPS) is 16.8. The van der Waals surface area contributed by atoms with Gasteiger partial charge in [0.1, 0.15) is 17.7 Å². The van der Waals surface area contributed by atoms with E-state index in [1.165, 1.54) is 0 Å². The summed E-state index contributed by atoms with van der Waals surface area (Å²) in [6.07, 6.45) is 2.30. The molecule has 1 aliphatic heterocycles. The highest BCUT2D eigenvalue weighted by molar-refractivity contribution is 7.89. The molecule has 0 bridgehead atoms. The maximum absolute atomic E-state index is 13.3. The molecule has 1 fully saturated rings. The fourth-order valence-electron chi connectivity index (χ4n) is 2.53. The van der Waals surface area contributed by atoms with Gasteiger partial charge in [0.05, 0.1) is 17.3 Å². The monoisotopic (exact) mass is 373 g/mol. The van der Waals surface area contributed by atoms with Crippen LogP contribution in [-0.4, -0.2) is 41.9 Å². The molecule has 0 unspecified atom stereocenters. The fraction of sp³-hybridized carbons (Fsp3) is 0.333. The highest BCUT2D eigenvalue weighted by Gasteiger charge is 2.31. The lowest BCUT2D eigenvalue weighted by Crippen LogP contribution is -2.41. The van der Waals surface area contributed by atoms with E-state index in [0.29, 0.717) is 18.9 Å². The van der Waals surface area contributed by atoms with E-state index >= 15 is 0 Å². The Hall–Kier alpha value is -2.20. The number of sulfonamides is 1. The minimum absolute atomic E-state index is 0.00917. The minimum atomic E-state index is -3.99. The van der Waals surface area contributed by atoms with Gasteiger partial charge in [0, 0.05) is 19.2 Å². The number of ether oxygens (including phenoxy) is 1. The van der Waals surface area contributed by atoms with Crippen molar-refractivity contribution in [2.75, 3.05) is 13.1 Å². The van der Waals surface area contributed by atoms with E-state index in [2.05, 4.69) is 9.97 Å². The van der Waals surface area contributed by atoms with Crippen LogP contribution in [0.4, 0.5) is 13.2 Å². The molecule has 0 amide bonds. The van der Waals surface area contributed by atoms with E-state index in [-0.39, 0.29) is 25.2 Å². The number of benzene rings is 1. The summed E-state index contributed by atoms with van der Waals surface area (Å²) in [4.78, 5) is 6.94. The Morgan fingerprint density at radius 1 is 0.960 bits per heavy atom.